The topological polar surface area (TPSA) is 110 Å². The average molecular weight is 414 g/mol. The van der Waals surface area contributed by atoms with Gasteiger partial charge >= 0.3 is 0 Å². The van der Waals surface area contributed by atoms with Crippen LogP contribution in [0.1, 0.15) is 24.0 Å². The van der Waals surface area contributed by atoms with E-state index in [0.717, 1.165) is 12.1 Å². The third kappa shape index (κ3) is 3.46. The number of aliphatic hydroxyl groups excluding tert-OH is 1. The van der Waals surface area contributed by atoms with Crippen LogP contribution >= 0.6 is 0 Å². The summed E-state index contributed by atoms with van der Waals surface area (Å²) < 4.78 is 35.4. The fourth-order valence-corrected chi connectivity index (χ4v) is 3.84. The predicted molar refractivity (Wildman–Crippen MR) is 105 cm³/mol. The van der Waals surface area contributed by atoms with Gasteiger partial charge in [0.25, 0.3) is 5.91 Å². The van der Waals surface area contributed by atoms with Crippen LogP contribution in [0.25, 0.3) is 5.57 Å². The quantitative estimate of drug-likeness (QED) is 0.704. The second-order valence-corrected chi connectivity index (χ2v) is 7.19. The number of nitrogens with two attached hydrogens (primary N) is 1. The molecular formula is C21H20F2N4O3. The Morgan fingerprint density at radius 2 is 2.00 bits per heavy atom. The predicted octanol–water partition coefficient (Wildman–Crippen LogP) is 1.62. The number of hydrogen-bond acceptors (Lipinski definition) is 6. The Hall–Kier alpha value is -3.17. The molecule has 4 N–H and O–H groups in total. The molecule has 1 aromatic heterocycles. The average Bonchev–Trinajstić information content (AvgIpc) is 2.74. The smallest absolute Gasteiger partial charge is 0.265 e. The molecule has 0 aliphatic carbocycles. The zero-order valence-electron chi connectivity index (χ0n) is 15.9. The fourth-order valence-electron chi connectivity index (χ4n) is 3.84. The summed E-state index contributed by atoms with van der Waals surface area (Å²) in [6.07, 6.45) is 3.52. The molecule has 3 unspecified atom stereocenters. The Kier molecular flexibility index (Phi) is 5.31. The van der Waals surface area contributed by atoms with E-state index in [1.54, 1.807) is 18.3 Å². The number of allylic oxidation sites excluding steroid dienone is 1. The van der Waals surface area contributed by atoms with Crippen LogP contribution in [-0.4, -0.2) is 41.0 Å². The third-order valence-corrected chi connectivity index (χ3v) is 5.26. The van der Waals surface area contributed by atoms with Gasteiger partial charge in [0.2, 0.25) is 0 Å². The van der Waals surface area contributed by atoms with E-state index in [1.807, 2.05) is 0 Å². The van der Waals surface area contributed by atoms with Crippen molar-refractivity contribution in [1.29, 1.82) is 0 Å². The normalized spacial score (nSPS) is 26.4. The summed E-state index contributed by atoms with van der Waals surface area (Å²) >= 11 is 0. The van der Waals surface area contributed by atoms with Gasteiger partial charge in [0.05, 0.1) is 18.3 Å². The van der Waals surface area contributed by atoms with Crippen molar-refractivity contribution >= 4 is 17.7 Å². The van der Waals surface area contributed by atoms with Crippen LogP contribution in [0.15, 0.2) is 53.4 Å². The van der Waals surface area contributed by atoms with E-state index in [0.29, 0.717) is 17.6 Å². The molecule has 7 nitrogen and oxygen atoms in total. The highest BCUT2D eigenvalue weighted by Gasteiger charge is 2.49. The lowest BCUT2D eigenvalue weighted by atomic mass is 9.85. The van der Waals surface area contributed by atoms with Gasteiger partial charge in [-0.25, -0.2) is 8.78 Å². The summed E-state index contributed by atoms with van der Waals surface area (Å²) in [5.41, 5.74) is 4.30. The minimum Gasteiger partial charge on any atom is -0.391 e. The lowest BCUT2D eigenvalue weighted by Gasteiger charge is -2.43. The van der Waals surface area contributed by atoms with Crippen molar-refractivity contribution in [3.8, 4) is 0 Å². The number of carbonyl (C=O) groups excluding carboxylic acids is 1. The number of aliphatic hydroxyl groups is 1. The number of aromatic nitrogens is 1. The third-order valence-electron chi connectivity index (χ3n) is 5.26. The van der Waals surface area contributed by atoms with Gasteiger partial charge in [-0.3, -0.25) is 14.8 Å². The van der Waals surface area contributed by atoms with Crippen molar-refractivity contribution < 1.29 is 23.4 Å². The Balaban J connectivity index is 1.87. The maximum atomic E-state index is 14.9. The summed E-state index contributed by atoms with van der Waals surface area (Å²) in [7, 11) is 0. The van der Waals surface area contributed by atoms with Crippen LogP contribution in [0.3, 0.4) is 0 Å². The number of ether oxygens (including phenoxy) is 1. The number of nitrogens with one attached hydrogen (secondary N) is 1. The fraction of sp³-hybridized carbons (Fsp3) is 0.286. The summed E-state index contributed by atoms with van der Waals surface area (Å²) in [5.74, 6) is -2.51. The first-order chi connectivity index (χ1) is 14.4. The Morgan fingerprint density at radius 3 is 2.60 bits per heavy atom. The van der Waals surface area contributed by atoms with E-state index in [4.69, 9.17) is 10.5 Å². The molecule has 1 saturated heterocycles. The first-order valence-corrected chi connectivity index (χ1v) is 9.44. The van der Waals surface area contributed by atoms with Gasteiger partial charge in [-0.1, -0.05) is 12.1 Å². The van der Waals surface area contributed by atoms with E-state index in [1.165, 1.54) is 18.5 Å². The SMILES string of the molecule is NC(=O)C1=C(c2cccnc2)C=NC(c2c(F)cccc2F)(C2CCC(O)CO2)N1. The van der Waals surface area contributed by atoms with Crippen molar-refractivity contribution in [2.24, 2.45) is 10.7 Å². The molecule has 4 rings (SSSR count). The van der Waals surface area contributed by atoms with Gasteiger partial charge in [0, 0.05) is 29.7 Å². The van der Waals surface area contributed by atoms with E-state index in [9.17, 15) is 18.7 Å². The van der Waals surface area contributed by atoms with Crippen molar-refractivity contribution in [3.05, 3.63) is 71.2 Å². The summed E-state index contributed by atoms with van der Waals surface area (Å²) in [5, 5.41) is 12.7. The Bertz CT molecular complexity index is 1000. The van der Waals surface area contributed by atoms with E-state index in [2.05, 4.69) is 15.3 Å². The summed E-state index contributed by atoms with van der Waals surface area (Å²) in [6.45, 7) is -0.0230. The second-order valence-electron chi connectivity index (χ2n) is 7.19. The van der Waals surface area contributed by atoms with E-state index >= 15 is 0 Å². The number of benzene rings is 1. The number of amides is 1. The van der Waals surface area contributed by atoms with Crippen LogP contribution in [-0.2, 0) is 15.2 Å². The van der Waals surface area contributed by atoms with Crippen molar-refractivity contribution in [3.63, 3.8) is 0 Å². The molecule has 156 valence electrons. The molecule has 0 spiro atoms. The number of halogens is 2. The molecule has 0 radical (unpaired) electrons. The highest BCUT2D eigenvalue weighted by Crippen LogP contribution is 2.40. The molecule has 0 bridgehead atoms. The molecule has 2 aliphatic heterocycles. The number of carbonyl (C=O) groups is 1. The molecule has 3 atom stereocenters. The largest absolute Gasteiger partial charge is 0.391 e. The van der Waals surface area contributed by atoms with Gasteiger partial charge in [0.1, 0.15) is 23.4 Å². The molecule has 9 heteroatoms. The minimum atomic E-state index is -1.77. The molecular weight excluding hydrogens is 394 g/mol. The molecule has 1 fully saturated rings. The molecule has 1 aromatic carbocycles. The van der Waals surface area contributed by atoms with Crippen LogP contribution < -0.4 is 11.1 Å². The lowest BCUT2D eigenvalue weighted by molar-refractivity contribution is -0.116. The Morgan fingerprint density at radius 1 is 1.23 bits per heavy atom. The Labute approximate surface area is 171 Å². The highest BCUT2D eigenvalue weighted by molar-refractivity contribution is 6.19. The molecule has 1 amide bonds. The minimum absolute atomic E-state index is 0.0230. The maximum Gasteiger partial charge on any atom is 0.265 e. The zero-order valence-corrected chi connectivity index (χ0v) is 15.9. The van der Waals surface area contributed by atoms with Gasteiger partial charge in [-0.05, 0) is 31.0 Å². The monoisotopic (exact) mass is 414 g/mol. The molecule has 30 heavy (non-hydrogen) atoms. The van der Waals surface area contributed by atoms with Crippen LogP contribution in [0.4, 0.5) is 8.78 Å². The number of primary amides is 1. The van der Waals surface area contributed by atoms with Gasteiger partial charge in [0.15, 0.2) is 5.66 Å². The van der Waals surface area contributed by atoms with Gasteiger partial charge in [-0.15, -0.1) is 0 Å². The molecule has 2 aliphatic rings. The van der Waals surface area contributed by atoms with Crippen molar-refractivity contribution in [2.45, 2.75) is 30.7 Å². The van der Waals surface area contributed by atoms with E-state index in [-0.39, 0.29) is 24.3 Å². The van der Waals surface area contributed by atoms with Crippen LogP contribution in [0.2, 0.25) is 0 Å². The number of aliphatic imine (C=N–C) groups is 1. The van der Waals surface area contributed by atoms with Crippen LogP contribution in [0.5, 0.6) is 0 Å². The van der Waals surface area contributed by atoms with Gasteiger partial charge < -0.3 is 20.9 Å². The van der Waals surface area contributed by atoms with Crippen LogP contribution in [0, 0.1) is 11.6 Å². The second kappa shape index (κ2) is 7.92. The number of nitrogens with zero attached hydrogens (tertiary/aromatic N) is 2. The summed E-state index contributed by atoms with van der Waals surface area (Å²) in [4.78, 5) is 20.8. The number of pyridine rings is 1. The van der Waals surface area contributed by atoms with Gasteiger partial charge in [-0.2, -0.15) is 0 Å². The molecule has 0 saturated carbocycles. The standard InChI is InChI=1S/C21H20F2N4O3/c22-15-4-1-5-16(23)18(15)21(17-7-6-13(28)11-30-17)26-10-14(19(27-21)20(24)29)12-3-2-8-25-9-12/h1-5,8-10,13,17,27-28H,6-7,11H2,(H2,24,29). The van der Waals surface area contributed by atoms with Crippen molar-refractivity contribution in [1.82, 2.24) is 10.3 Å². The first-order valence-electron chi connectivity index (χ1n) is 9.44. The zero-order chi connectivity index (χ0) is 21.3. The number of rotatable bonds is 4. The number of hydrogen-bond donors (Lipinski definition) is 3. The lowest BCUT2D eigenvalue weighted by Crippen LogP contribution is -2.57. The summed E-state index contributed by atoms with van der Waals surface area (Å²) in [6, 6.07) is 6.85. The molecule has 3 heterocycles. The first kappa shape index (κ1) is 20.1. The maximum absolute atomic E-state index is 14.9. The van der Waals surface area contributed by atoms with E-state index < -0.39 is 35.4 Å². The van der Waals surface area contributed by atoms with Crippen molar-refractivity contribution in [2.75, 3.05) is 6.61 Å². The highest BCUT2D eigenvalue weighted by atomic mass is 19.1. The molecule has 2 aromatic rings.